The van der Waals surface area contributed by atoms with Crippen molar-refractivity contribution in [3.05, 3.63) is 139 Å². The van der Waals surface area contributed by atoms with Gasteiger partial charge in [-0.1, -0.05) is 24.3 Å². The van der Waals surface area contributed by atoms with Crippen molar-refractivity contribution in [1.29, 1.82) is 0 Å². The molecule has 0 fully saturated rings. The van der Waals surface area contributed by atoms with Crippen LogP contribution in [0, 0.1) is 34.1 Å². The first kappa shape index (κ1) is 26.7. The summed E-state index contributed by atoms with van der Waals surface area (Å²) in [5.74, 6) is -0.718. The highest BCUT2D eigenvalue weighted by Crippen LogP contribution is 2.22. The molecule has 0 aliphatic carbocycles. The number of nitrogens with one attached hydrogen (secondary N) is 2. The zero-order chi connectivity index (χ0) is 28.1. The molecule has 196 valence electrons. The van der Waals surface area contributed by atoms with Gasteiger partial charge in [-0.3, -0.25) is 29.8 Å². The lowest BCUT2D eigenvalue weighted by Gasteiger charge is -2.09. The van der Waals surface area contributed by atoms with Crippen molar-refractivity contribution in [1.82, 2.24) is 0 Å². The average Bonchev–Trinajstić information content (AvgIpc) is 2.90. The molecule has 0 aromatic heterocycles. The van der Waals surface area contributed by atoms with Gasteiger partial charge in [-0.2, -0.15) is 0 Å². The van der Waals surface area contributed by atoms with Gasteiger partial charge < -0.3 is 10.6 Å². The highest BCUT2D eigenvalue weighted by molar-refractivity contribution is 6.05. The van der Waals surface area contributed by atoms with E-state index in [-0.39, 0.29) is 23.2 Å². The van der Waals surface area contributed by atoms with Crippen LogP contribution in [-0.2, 0) is 6.42 Å². The van der Waals surface area contributed by atoms with E-state index in [4.69, 9.17) is 0 Å². The Morgan fingerprint density at radius 3 is 1.28 bits per heavy atom. The lowest BCUT2D eigenvalue weighted by Crippen LogP contribution is -2.12. The molecule has 4 rings (SSSR count). The van der Waals surface area contributed by atoms with Crippen LogP contribution in [0.2, 0.25) is 0 Å². The quantitative estimate of drug-likeness (QED) is 0.207. The van der Waals surface area contributed by atoms with E-state index in [1.807, 2.05) is 24.3 Å². The fourth-order valence-electron chi connectivity index (χ4n) is 4.06. The summed E-state index contributed by atoms with van der Waals surface area (Å²) in [6.07, 6.45) is 0.631. The van der Waals surface area contributed by atoms with Crippen molar-refractivity contribution in [3.63, 3.8) is 0 Å². The van der Waals surface area contributed by atoms with E-state index >= 15 is 0 Å². The molecule has 0 saturated heterocycles. The van der Waals surface area contributed by atoms with Crippen LogP contribution in [0.4, 0.5) is 22.7 Å². The molecule has 2 amide bonds. The van der Waals surface area contributed by atoms with Crippen molar-refractivity contribution >= 4 is 34.6 Å². The predicted octanol–water partition coefficient (Wildman–Crippen LogP) is 6.22. The van der Waals surface area contributed by atoms with Crippen molar-refractivity contribution in [2.75, 3.05) is 10.6 Å². The molecule has 0 bridgehead atoms. The van der Waals surface area contributed by atoms with Crippen molar-refractivity contribution in [2.24, 2.45) is 0 Å². The number of aryl methyl sites for hydroxylation is 2. The van der Waals surface area contributed by atoms with Gasteiger partial charge in [-0.15, -0.1) is 0 Å². The molecular weight excluding hydrogens is 500 g/mol. The standard InChI is InChI=1S/C29H24N4O6/c1-18-15-22(7-13-26(18)32(36)37)28(34)30-24-9-3-20(4-10-24)17-21-5-11-25(12-6-21)31-29(35)23-8-14-27(33(38)39)19(2)16-23/h3-16H,17H2,1-2H3,(H,30,34)(H,31,35). The SMILES string of the molecule is Cc1cc(C(=O)Nc2ccc(Cc3ccc(NC(=O)c4ccc([N+](=O)[O-])c(C)c4)cc3)cc2)ccc1[N+](=O)[O-]. The van der Waals surface area contributed by atoms with Gasteiger partial charge in [-0.25, -0.2) is 0 Å². The number of carbonyl (C=O) groups is 2. The maximum Gasteiger partial charge on any atom is 0.272 e. The van der Waals surface area contributed by atoms with Crippen LogP contribution in [0.3, 0.4) is 0 Å². The molecule has 10 nitrogen and oxygen atoms in total. The van der Waals surface area contributed by atoms with E-state index in [1.165, 1.54) is 36.4 Å². The van der Waals surface area contributed by atoms with E-state index in [1.54, 1.807) is 38.1 Å². The summed E-state index contributed by atoms with van der Waals surface area (Å²) in [7, 11) is 0. The Balaban J connectivity index is 1.34. The first-order chi connectivity index (χ1) is 18.6. The number of nitrogens with zero attached hydrogens (tertiary/aromatic N) is 2. The van der Waals surface area contributed by atoms with Crippen LogP contribution in [-0.4, -0.2) is 21.7 Å². The Morgan fingerprint density at radius 1 is 0.615 bits per heavy atom. The van der Waals surface area contributed by atoms with Crippen LogP contribution in [0.25, 0.3) is 0 Å². The first-order valence-corrected chi connectivity index (χ1v) is 11.9. The van der Waals surface area contributed by atoms with Gasteiger partial charge in [0, 0.05) is 45.8 Å². The van der Waals surface area contributed by atoms with Gasteiger partial charge in [0.15, 0.2) is 0 Å². The fourth-order valence-corrected chi connectivity index (χ4v) is 4.06. The van der Waals surface area contributed by atoms with Gasteiger partial charge in [0.1, 0.15) is 0 Å². The zero-order valence-electron chi connectivity index (χ0n) is 21.1. The molecule has 39 heavy (non-hydrogen) atoms. The lowest BCUT2D eigenvalue weighted by molar-refractivity contribution is -0.385. The van der Waals surface area contributed by atoms with Crippen LogP contribution >= 0.6 is 0 Å². The lowest BCUT2D eigenvalue weighted by atomic mass is 10.0. The minimum atomic E-state index is -0.484. The van der Waals surface area contributed by atoms with E-state index in [2.05, 4.69) is 10.6 Å². The molecule has 4 aromatic rings. The minimum absolute atomic E-state index is 0.0362. The number of benzene rings is 4. The molecule has 10 heteroatoms. The van der Waals surface area contributed by atoms with Crippen LogP contribution in [0.15, 0.2) is 84.9 Å². The molecule has 0 spiro atoms. The Morgan fingerprint density at radius 2 is 0.974 bits per heavy atom. The maximum absolute atomic E-state index is 12.5. The summed E-state index contributed by atoms with van der Waals surface area (Å²) >= 11 is 0. The Labute approximate surface area is 223 Å². The van der Waals surface area contributed by atoms with E-state index in [0.29, 0.717) is 40.0 Å². The van der Waals surface area contributed by atoms with Crippen molar-refractivity contribution in [3.8, 4) is 0 Å². The molecule has 0 atom stereocenters. The second-order valence-corrected chi connectivity index (χ2v) is 9.00. The van der Waals surface area contributed by atoms with Gasteiger partial charge in [0.25, 0.3) is 23.2 Å². The number of anilines is 2. The largest absolute Gasteiger partial charge is 0.322 e. The smallest absolute Gasteiger partial charge is 0.272 e. The van der Waals surface area contributed by atoms with Crippen molar-refractivity contribution < 1.29 is 19.4 Å². The van der Waals surface area contributed by atoms with Crippen molar-refractivity contribution in [2.45, 2.75) is 20.3 Å². The molecule has 0 heterocycles. The number of hydrogen-bond acceptors (Lipinski definition) is 6. The summed E-state index contributed by atoms with van der Waals surface area (Å²) in [6.45, 7) is 3.17. The normalized spacial score (nSPS) is 10.5. The fraction of sp³-hybridized carbons (Fsp3) is 0.103. The number of nitro benzene ring substituents is 2. The number of carbonyl (C=O) groups excluding carboxylic acids is 2. The molecule has 0 aliphatic rings. The topological polar surface area (TPSA) is 144 Å². The van der Waals surface area contributed by atoms with Crippen LogP contribution in [0.1, 0.15) is 43.0 Å². The van der Waals surface area contributed by atoms with Gasteiger partial charge in [0.2, 0.25) is 0 Å². The maximum atomic E-state index is 12.5. The molecule has 0 aliphatic heterocycles. The first-order valence-electron chi connectivity index (χ1n) is 11.9. The van der Waals surface area contributed by atoms with Gasteiger partial charge in [-0.05, 0) is 79.9 Å². The third-order valence-corrected chi connectivity index (χ3v) is 6.14. The minimum Gasteiger partial charge on any atom is -0.322 e. The summed E-state index contributed by atoms with van der Waals surface area (Å²) in [5.41, 5.74) is 4.63. The molecule has 2 N–H and O–H groups in total. The highest BCUT2D eigenvalue weighted by atomic mass is 16.6. The highest BCUT2D eigenvalue weighted by Gasteiger charge is 2.15. The third-order valence-electron chi connectivity index (χ3n) is 6.14. The Hall–Kier alpha value is -5.38. The average molecular weight is 525 g/mol. The zero-order valence-corrected chi connectivity index (χ0v) is 21.1. The van der Waals surface area contributed by atoms with Gasteiger partial charge >= 0.3 is 0 Å². The summed E-state index contributed by atoms with van der Waals surface area (Å²) in [4.78, 5) is 46.1. The van der Waals surface area contributed by atoms with E-state index in [0.717, 1.165) is 11.1 Å². The Kier molecular flexibility index (Phi) is 7.76. The van der Waals surface area contributed by atoms with E-state index < -0.39 is 9.85 Å². The molecule has 0 saturated carbocycles. The van der Waals surface area contributed by atoms with E-state index in [9.17, 15) is 29.8 Å². The molecule has 0 radical (unpaired) electrons. The second kappa shape index (κ2) is 11.3. The second-order valence-electron chi connectivity index (χ2n) is 9.00. The number of amides is 2. The number of nitro groups is 2. The molecule has 0 unspecified atom stereocenters. The molecule has 4 aromatic carbocycles. The predicted molar refractivity (Wildman–Crippen MR) is 147 cm³/mol. The monoisotopic (exact) mass is 524 g/mol. The number of rotatable bonds is 8. The third kappa shape index (κ3) is 6.50. The number of hydrogen-bond donors (Lipinski definition) is 2. The summed E-state index contributed by atoms with van der Waals surface area (Å²) in [5, 5.41) is 27.5. The Bertz CT molecular complexity index is 1460. The van der Waals surface area contributed by atoms with Crippen LogP contribution in [0.5, 0.6) is 0 Å². The summed E-state index contributed by atoms with van der Waals surface area (Å²) in [6, 6.07) is 23.2. The molecular formula is C29H24N4O6. The van der Waals surface area contributed by atoms with Crippen LogP contribution < -0.4 is 10.6 Å². The van der Waals surface area contributed by atoms with Gasteiger partial charge in [0.05, 0.1) is 9.85 Å². The summed E-state index contributed by atoms with van der Waals surface area (Å²) < 4.78 is 0.